The van der Waals surface area contributed by atoms with Crippen LogP contribution >= 0.6 is 0 Å². The van der Waals surface area contributed by atoms with E-state index in [1.165, 1.54) is 17.0 Å². The summed E-state index contributed by atoms with van der Waals surface area (Å²) in [7, 11) is 0. The number of aliphatic hydroxyl groups is 1. The molecule has 1 aliphatic rings. The third kappa shape index (κ3) is 4.54. The number of aromatic hydroxyl groups is 1. The van der Waals surface area contributed by atoms with Gasteiger partial charge in [0.25, 0.3) is 11.7 Å². The van der Waals surface area contributed by atoms with Gasteiger partial charge in [-0.25, -0.2) is 0 Å². The number of hydrogen-bond donors (Lipinski definition) is 2. The van der Waals surface area contributed by atoms with Gasteiger partial charge in [0.2, 0.25) is 0 Å². The zero-order chi connectivity index (χ0) is 21.8. The second kappa shape index (κ2) is 9.13. The van der Waals surface area contributed by atoms with Crippen molar-refractivity contribution in [2.75, 3.05) is 13.2 Å². The van der Waals surface area contributed by atoms with Gasteiger partial charge < -0.3 is 19.8 Å². The highest BCUT2D eigenvalue weighted by atomic mass is 16.5. The van der Waals surface area contributed by atoms with Crippen LogP contribution in [0.15, 0.2) is 54.1 Å². The molecule has 1 fully saturated rings. The van der Waals surface area contributed by atoms with Crippen molar-refractivity contribution in [1.29, 1.82) is 0 Å². The molecule has 0 bridgehead atoms. The van der Waals surface area contributed by atoms with E-state index in [0.717, 1.165) is 5.56 Å². The number of benzene rings is 2. The molecule has 6 nitrogen and oxygen atoms in total. The molecule has 158 valence electrons. The minimum absolute atomic E-state index is 0.0549. The van der Waals surface area contributed by atoms with E-state index >= 15 is 0 Å². The molecule has 2 N–H and O–H groups in total. The van der Waals surface area contributed by atoms with E-state index in [-0.39, 0.29) is 23.2 Å². The third-order valence-electron chi connectivity index (χ3n) is 5.07. The fraction of sp³-hybridized carbons (Fsp3) is 0.333. The Hall–Kier alpha value is -3.12. The lowest BCUT2D eigenvalue weighted by atomic mass is 9.95. The number of likely N-dealkylation sites (tertiary alicyclic amines) is 1. The number of ketones is 1. The van der Waals surface area contributed by atoms with Crippen LogP contribution in [0, 0.1) is 6.92 Å². The van der Waals surface area contributed by atoms with Crippen molar-refractivity contribution in [3.8, 4) is 5.75 Å². The molecule has 2 aromatic carbocycles. The van der Waals surface area contributed by atoms with Gasteiger partial charge in [-0.2, -0.15) is 0 Å². The maximum absolute atomic E-state index is 12.9. The summed E-state index contributed by atoms with van der Waals surface area (Å²) < 4.78 is 5.56. The molecule has 1 aliphatic heterocycles. The minimum atomic E-state index is -0.731. The molecule has 1 saturated heterocycles. The Morgan fingerprint density at radius 2 is 1.70 bits per heavy atom. The van der Waals surface area contributed by atoms with Crippen LogP contribution in [-0.4, -0.2) is 46.1 Å². The van der Waals surface area contributed by atoms with Gasteiger partial charge in [0.1, 0.15) is 11.5 Å². The standard InChI is InChI=1S/C24H27NO5/c1-15(2)30-14-4-13-25-21(17-9-11-19(26)12-10-17)20(23(28)24(25)29)22(27)18-7-5-16(3)6-8-18/h5-12,15,21,26-27H,4,13-14H2,1-3H3/b22-20-. The molecule has 2 aromatic rings. The summed E-state index contributed by atoms with van der Waals surface area (Å²) in [6.07, 6.45) is 0.638. The average molecular weight is 409 g/mol. The average Bonchev–Trinajstić information content (AvgIpc) is 2.96. The van der Waals surface area contributed by atoms with Crippen molar-refractivity contribution >= 4 is 17.4 Å². The molecule has 0 saturated carbocycles. The number of carbonyl (C=O) groups excluding carboxylic acids is 2. The highest BCUT2D eigenvalue weighted by Crippen LogP contribution is 2.39. The number of rotatable bonds is 7. The van der Waals surface area contributed by atoms with Gasteiger partial charge in [-0.05, 0) is 44.9 Å². The summed E-state index contributed by atoms with van der Waals surface area (Å²) in [6, 6.07) is 12.7. The monoisotopic (exact) mass is 409 g/mol. The zero-order valence-corrected chi connectivity index (χ0v) is 17.5. The topological polar surface area (TPSA) is 87.1 Å². The fourth-order valence-corrected chi connectivity index (χ4v) is 3.53. The number of phenols is 1. The van der Waals surface area contributed by atoms with Crippen molar-refractivity contribution in [3.63, 3.8) is 0 Å². The molecule has 1 amide bonds. The number of aryl methyl sites for hydroxylation is 1. The number of carbonyl (C=O) groups is 2. The summed E-state index contributed by atoms with van der Waals surface area (Å²) in [5.41, 5.74) is 2.20. The minimum Gasteiger partial charge on any atom is -0.508 e. The normalized spacial score (nSPS) is 18.4. The molecular formula is C24H27NO5. The highest BCUT2D eigenvalue weighted by molar-refractivity contribution is 6.46. The lowest BCUT2D eigenvalue weighted by molar-refractivity contribution is -0.140. The second-order valence-electron chi connectivity index (χ2n) is 7.72. The van der Waals surface area contributed by atoms with Crippen molar-refractivity contribution < 1.29 is 24.5 Å². The maximum atomic E-state index is 12.9. The number of Topliss-reactive ketones (excluding diaryl/α,β-unsaturated/α-hetero) is 1. The smallest absolute Gasteiger partial charge is 0.295 e. The predicted molar refractivity (Wildman–Crippen MR) is 114 cm³/mol. The van der Waals surface area contributed by atoms with Crippen LogP contribution in [0.4, 0.5) is 0 Å². The van der Waals surface area contributed by atoms with E-state index in [0.29, 0.717) is 30.7 Å². The predicted octanol–water partition coefficient (Wildman–Crippen LogP) is 3.94. The van der Waals surface area contributed by atoms with Crippen molar-refractivity contribution in [3.05, 3.63) is 70.8 Å². The van der Waals surface area contributed by atoms with Crippen molar-refractivity contribution in [2.24, 2.45) is 0 Å². The molecule has 1 atom stereocenters. The number of ether oxygens (including phenoxy) is 1. The molecule has 30 heavy (non-hydrogen) atoms. The summed E-state index contributed by atoms with van der Waals surface area (Å²) in [5, 5.41) is 20.6. The maximum Gasteiger partial charge on any atom is 0.295 e. The molecular weight excluding hydrogens is 382 g/mol. The van der Waals surface area contributed by atoms with E-state index in [1.54, 1.807) is 24.3 Å². The van der Waals surface area contributed by atoms with Crippen molar-refractivity contribution in [1.82, 2.24) is 4.90 Å². The van der Waals surface area contributed by atoms with Gasteiger partial charge in [-0.15, -0.1) is 0 Å². The number of aliphatic hydroxyl groups excluding tert-OH is 1. The van der Waals surface area contributed by atoms with Crippen LogP contribution in [0.2, 0.25) is 0 Å². The Bertz CT molecular complexity index is 945. The van der Waals surface area contributed by atoms with E-state index in [2.05, 4.69) is 0 Å². The summed E-state index contributed by atoms with van der Waals surface area (Å²) >= 11 is 0. The van der Waals surface area contributed by atoms with Crippen LogP contribution in [0.5, 0.6) is 5.75 Å². The number of hydrogen-bond acceptors (Lipinski definition) is 5. The van der Waals surface area contributed by atoms with Crippen LogP contribution in [0.25, 0.3) is 5.76 Å². The van der Waals surface area contributed by atoms with Crippen LogP contribution in [-0.2, 0) is 14.3 Å². The largest absolute Gasteiger partial charge is 0.508 e. The Morgan fingerprint density at radius 3 is 2.30 bits per heavy atom. The van der Waals surface area contributed by atoms with Gasteiger partial charge in [-0.3, -0.25) is 9.59 Å². The second-order valence-corrected chi connectivity index (χ2v) is 7.72. The van der Waals surface area contributed by atoms with Crippen LogP contribution in [0.1, 0.15) is 43.0 Å². The molecule has 0 radical (unpaired) electrons. The third-order valence-corrected chi connectivity index (χ3v) is 5.07. The lowest BCUT2D eigenvalue weighted by Gasteiger charge is -2.25. The first-order valence-electron chi connectivity index (χ1n) is 10.1. The molecule has 1 heterocycles. The molecule has 0 spiro atoms. The quantitative estimate of drug-likeness (QED) is 0.313. The van der Waals surface area contributed by atoms with Crippen LogP contribution < -0.4 is 0 Å². The molecule has 6 heteroatoms. The fourth-order valence-electron chi connectivity index (χ4n) is 3.53. The van der Waals surface area contributed by atoms with E-state index in [4.69, 9.17) is 4.74 Å². The number of nitrogens with zero attached hydrogens (tertiary/aromatic N) is 1. The van der Waals surface area contributed by atoms with Gasteiger partial charge in [0, 0.05) is 18.7 Å². The molecule has 0 aromatic heterocycles. The van der Waals surface area contributed by atoms with E-state index in [9.17, 15) is 19.8 Å². The van der Waals surface area contributed by atoms with Gasteiger partial charge in [0.05, 0.1) is 17.7 Å². The van der Waals surface area contributed by atoms with Gasteiger partial charge >= 0.3 is 0 Å². The summed E-state index contributed by atoms with van der Waals surface area (Å²) in [6.45, 7) is 6.57. The first kappa shape index (κ1) is 21.6. The van der Waals surface area contributed by atoms with E-state index in [1.807, 2.05) is 32.9 Å². The first-order chi connectivity index (χ1) is 14.3. The summed E-state index contributed by atoms with van der Waals surface area (Å²) in [4.78, 5) is 27.2. The molecule has 0 aliphatic carbocycles. The Labute approximate surface area is 176 Å². The van der Waals surface area contributed by atoms with Crippen molar-refractivity contribution in [2.45, 2.75) is 39.3 Å². The summed E-state index contributed by atoms with van der Waals surface area (Å²) in [5.74, 6) is -1.48. The molecule has 1 unspecified atom stereocenters. The van der Waals surface area contributed by atoms with Gasteiger partial charge in [0.15, 0.2) is 0 Å². The Morgan fingerprint density at radius 1 is 1.07 bits per heavy atom. The Kier molecular flexibility index (Phi) is 6.57. The molecule has 3 rings (SSSR count). The number of amides is 1. The SMILES string of the molecule is Cc1ccc(/C(O)=C2/C(=O)C(=O)N(CCCOC(C)C)C2c2ccc(O)cc2)cc1. The highest BCUT2D eigenvalue weighted by Gasteiger charge is 2.45. The van der Waals surface area contributed by atoms with E-state index < -0.39 is 17.7 Å². The number of phenolic OH excluding ortho intramolecular Hbond substituents is 1. The van der Waals surface area contributed by atoms with Crippen LogP contribution in [0.3, 0.4) is 0 Å². The lowest BCUT2D eigenvalue weighted by Crippen LogP contribution is -2.31. The Balaban J connectivity index is 2.01. The first-order valence-corrected chi connectivity index (χ1v) is 10.1. The van der Waals surface area contributed by atoms with Gasteiger partial charge in [-0.1, -0.05) is 42.0 Å². The zero-order valence-electron chi connectivity index (χ0n) is 17.5.